The zero-order valence-electron chi connectivity index (χ0n) is 15.2. The fraction of sp³-hybridized carbons (Fsp3) is 0.381. The Bertz CT molecular complexity index is 742. The lowest BCUT2D eigenvalue weighted by Crippen LogP contribution is -2.36. The van der Waals surface area contributed by atoms with E-state index in [0.717, 1.165) is 41.9 Å². The molecular weight excluding hydrogens is 326 g/mol. The lowest BCUT2D eigenvalue weighted by molar-refractivity contribution is 0.296. The fourth-order valence-electron chi connectivity index (χ4n) is 2.63. The van der Waals surface area contributed by atoms with Crippen LogP contribution in [0.2, 0.25) is 0 Å². The number of nitrogens with zero attached hydrogens (tertiary/aromatic N) is 1. The number of phenolic OH excluding ortho intramolecular Hbond substituents is 1. The average Bonchev–Trinajstić information content (AvgIpc) is 3.47. The fourth-order valence-corrected chi connectivity index (χ4v) is 2.63. The van der Waals surface area contributed by atoms with Crippen LogP contribution in [0.3, 0.4) is 0 Å². The van der Waals surface area contributed by atoms with Crippen LogP contribution in [0.1, 0.15) is 30.9 Å². The maximum absolute atomic E-state index is 9.56. The molecule has 0 radical (unpaired) electrons. The molecule has 3 rings (SSSR count). The van der Waals surface area contributed by atoms with Gasteiger partial charge in [-0.05, 0) is 49.4 Å². The molecule has 2 aromatic rings. The van der Waals surface area contributed by atoms with Crippen LogP contribution >= 0.6 is 0 Å². The number of para-hydroxylation sites is 1. The predicted octanol–water partition coefficient (Wildman–Crippen LogP) is 3.44. The van der Waals surface area contributed by atoms with E-state index in [9.17, 15) is 5.11 Å². The SMILES string of the molecule is CCNC(=NCc1cccc(O)c1)NCc1ccccc1OCC1CC1. The molecule has 138 valence electrons. The van der Waals surface area contributed by atoms with Gasteiger partial charge in [-0.15, -0.1) is 0 Å². The van der Waals surface area contributed by atoms with Crippen LogP contribution in [-0.2, 0) is 13.1 Å². The summed E-state index contributed by atoms with van der Waals surface area (Å²) in [6.45, 7) is 4.78. The maximum Gasteiger partial charge on any atom is 0.191 e. The summed E-state index contributed by atoms with van der Waals surface area (Å²) in [4.78, 5) is 4.60. The number of ether oxygens (including phenoxy) is 1. The highest BCUT2D eigenvalue weighted by Gasteiger charge is 2.22. The molecule has 0 spiro atoms. The molecule has 0 amide bonds. The van der Waals surface area contributed by atoms with Crippen molar-refractivity contribution in [1.82, 2.24) is 10.6 Å². The van der Waals surface area contributed by atoms with Gasteiger partial charge in [0, 0.05) is 18.7 Å². The molecule has 0 aliphatic heterocycles. The smallest absolute Gasteiger partial charge is 0.191 e. The van der Waals surface area contributed by atoms with E-state index in [1.807, 2.05) is 37.3 Å². The van der Waals surface area contributed by atoms with Gasteiger partial charge in [0.25, 0.3) is 0 Å². The number of nitrogens with one attached hydrogen (secondary N) is 2. The normalized spacial score (nSPS) is 14.1. The van der Waals surface area contributed by atoms with Gasteiger partial charge in [-0.2, -0.15) is 0 Å². The monoisotopic (exact) mass is 353 g/mol. The molecule has 3 N–H and O–H groups in total. The first-order valence-corrected chi connectivity index (χ1v) is 9.25. The summed E-state index contributed by atoms with van der Waals surface area (Å²) in [7, 11) is 0. The highest BCUT2D eigenvalue weighted by atomic mass is 16.5. The molecule has 0 heterocycles. The van der Waals surface area contributed by atoms with E-state index in [-0.39, 0.29) is 5.75 Å². The molecule has 1 aliphatic rings. The molecule has 1 fully saturated rings. The molecule has 5 nitrogen and oxygen atoms in total. The number of benzene rings is 2. The van der Waals surface area contributed by atoms with Gasteiger partial charge in [-0.25, -0.2) is 4.99 Å². The van der Waals surface area contributed by atoms with Gasteiger partial charge in [0.05, 0.1) is 13.2 Å². The van der Waals surface area contributed by atoms with Crippen molar-refractivity contribution >= 4 is 5.96 Å². The van der Waals surface area contributed by atoms with Crippen molar-refractivity contribution in [1.29, 1.82) is 0 Å². The number of rotatable bonds is 8. The second-order valence-corrected chi connectivity index (χ2v) is 6.58. The first kappa shape index (κ1) is 18.1. The summed E-state index contributed by atoms with van der Waals surface area (Å²) in [5, 5.41) is 16.2. The minimum Gasteiger partial charge on any atom is -0.508 e. The van der Waals surface area contributed by atoms with Gasteiger partial charge >= 0.3 is 0 Å². The topological polar surface area (TPSA) is 65.9 Å². The Morgan fingerprint density at radius 2 is 2.00 bits per heavy atom. The van der Waals surface area contributed by atoms with Crippen LogP contribution in [-0.4, -0.2) is 24.2 Å². The number of hydrogen-bond donors (Lipinski definition) is 3. The molecule has 1 aliphatic carbocycles. The first-order chi connectivity index (χ1) is 12.7. The maximum atomic E-state index is 9.56. The second-order valence-electron chi connectivity index (χ2n) is 6.58. The molecule has 1 saturated carbocycles. The summed E-state index contributed by atoms with van der Waals surface area (Å²) >= 11 is 0. The zero-order valence-corrected chi connectivity index (χ0v) is 15.2. The lowest BCUT2D eigenvalue weighted by atomic mass is 10.2. The highest BCUT2D eigenvalue weighted by Crippen LogP contribution is 2.30. The van der Waals surface area contributed by atoms with E-state index in [2.05, 4.69) is 21.7 Å². The van der Waals surface area contributed by atoms with E-state index >= 15 is 0 Å². The predicted molar refractivity (Wildman–Crippen MR) is 104 cm³/mol. The minimum absolute atomic E-state index is 0.261. The van der Waals surface area contributed by atoms with Crippen molar-refractivity contribution in [2.45, 2.75) is 32.9 Å². The van der Waals surface area contributed by atoms with Gasteiger partial charge in [0.2, 0.25) is 0 Å². The number of aliphatic imine (C=N–C) groups is 1. The van der Waals surface area contributed by atoms with Gasteiger partial charge in [0.15, 0.2) is 5.96 Å². The van der Waals surface area contributed by atoms with Crippen LogP contribution in [0.25, 0.3) is 0 Å². The Hall–Kier alpha value is -2.69. The Morgan fingerprint density at radius 3 is 2.77 bits per heavy atom. The van der Waals surface area contributed by atoms with Crippen molar-refractivity contribution in [3.63, 3.8) is 0 Å². The van der Waals surface area contributed by atoms with Crippen molar-refractivity contribution < 1.29 is 9.84 Å². The molecule has 0 aromatic heterocycles. The Kier molecular flexibility index (Phi) is 6.36. The summed E-state index contributed by atoms with van der Waals surface area (Å²) in [6.07, 6.45) is 2.57. The van der Waals surface area contributed by atoms with E-state index in [1.54, 1.807) is 12.1 Å². The molecule has 0 atom stereocenters. The molecule has 26 heavy (non-hydrogen) atoms. The standard InChI is InChI=1S/C21H27N3O2/c1-2-22-21(23-13-17-6-5-8-19(25)12-17)24-14-18-7-3-4-9-20(18)26-15-16-10-11-16/h3-9,12,16,25H,2,10-11,13-15H2,1H3,(H2,22,23,24). The van der Waals surface area contributed by atoms with Gasteiger partial charge in [0.1, 0.15) is 11.5 Å². The van der Waals surface area contributed by atoms with Gasteiger partial charge in [-0.3, -0.25) is 0 Å². The van der Waals surface area contributed by atoms with Crippen molar-refractivity contribution in [2.75, 3.05) is 13.2 Å². The molecule has 0 bridgehead atoms. The summed E-state index contributed by atoms with van der Waals surface area (Å²) in [6, 6.07) is 15.3. The number of guanidine groups is 1. The van der Waals surface area contributed by atoms with Crippen LogP contribution in [0.15, 0.2) is 53.5 Å². The van der Waals surface area contributed by atoms with E-state index < -0.39 is 0 Å². The second kappa shape index (κ2) is 9.13. The first-order valence-electron chi connectivity index (χ1n) is 9.25. The molecular formula is C21H27N3O2. The van der Waals surface area contributed by atoms with Gasteiger partial charge in [-0.1, -0.05) is 30.3 Å². The Balaban J connectivity index is 1.60. The van der Waals surface area contributed by atoms with Crippen molar-refractivity contribution in [3.8, 4) is 11.5 Å². The lowest BCUT2D eigenvalue weighted by Gasteiger charge is -2.14. The quantitative estimate of drug-likeness (QED) is 0.502. The van der Waals surface area contributed by atoms with Crippen LogP contribution in [0.4, 0.5) is 0 Å². The van der Waals surface area contributed by atoms with E-state index in [0.29, 0.717) is 13.1 Å². The third-order valence-electron chi connectivity index (χ3n) is 4.26. The Morgan fingerprint density at radius 1 is 1.15 bits per heavy atom. The molecule has 0 unspecified atom stereocenters. The number of hydrogen-bond acceptors (Lipinski definition) is 3. The average molecular weight is 353 g/mol. The highest BCUT2D eigenvalue weighted by molar-refractivity contribution is 5.79. The molecule has 2 aromatic carbocycles. The summed E-state index contributed by atoms with van der Waals surface area (Å²) in [5.74, 6) is 2.68. The van der Waals surface area contributed by atoms with Crippen molar-refractivity contribution in [2.24, 2.45) is 10.9 Å². The summed E-state index contributed by atoms with van der Waals surface area (Å²) < 4.78 is 5.97. The van der Waals surface area contributed by atoms with E-state index in [1.165, 1.54) is 12.8 Å². The third-order valence-corrected chi connectivity index (χ3v) is 4.26. The zero-order chi connectivity index (χ0) is 18.2. The van der Waals surface area contributed by atoms with Crippen molar-refractivity contribution in [3.05, 3.63) is 59.7 Å². The largest absolute Gasteiger partial charge is 0.508 e. The van der Waals surface area contributed by atoms with Crippen LogP contribution in [0, 0.1) is 5.92 Å². The number of aromatic hydroxyl groups is 1. The summed E-state index contributed by atoms with van der Waals surface area (Å²) in [5.41, 5.74) is 2.09. The molecule has 0 saturated heterocycles. The third kappa shape index (κ3) is 5.69. The number of phenols is 1. The Labute approximate surface area is 155 Å². The van der Waals surface area contributed by atoms with Gasteiger partial charge < -0.3 is 20.5 Å². The minimum atomic E-state index is 0.261. The molecule has 5 heteroatoms. The van der Waals surface area contributed by atoms with E-state index in [4.69, 9.17) is 4.74 Å². The van der Waals surface area contributed by atoms with Crippen LogP contribution < -0.4 is 15.4 Å². The van der Waals surface area contributed by atoms with Crippen LogP contribution in [0.5, 0.6) is 11.5 Å².